The van der Waals surface area contributed by atoms with Crippen molar-refractivity contribution in [1.29, 1.82) is 0 Å². The minimum Gasteiger partial charge on any atom is -0.478 e. The maximum atomic E-state index is 11.0. The third-order valence-electron chi connectivity index (χ3n) is 3.03. The Morgan fingerprint density at radius 1 is 1.35 bits per heavy atom. The zero-order valence-corrected chi connectivity index (χ0v) is 10.7. The van der Waals surface area contributed by atoms with Crippen LogP contribution in [0, 0.1) is 0 Å². The highest BCUT2D eigenvalue weighted by molar-refractivity contribution is 5.89. The van der Waals surface area contributed by atoms with Crippen LogP contribution in [0.4, 0.5) is 0 Å². The van der Waals surface area contributed by atoms with Crippen LogP contribution in [0.3, 0.4) is 0 Å². The van der Waals surface area contributed by atoms with Crippen LogP contribution in [-0.2, 0) is 0 Å². The standard InChI is InChI=1S/C15H13N3O2/c19-15(20)12-4-1-3-11(9-12)14-6-8-18(17-14)13-5-2-7-16-10-13/h1-6,8-10,16H,7H2,(H,19,20). The van der Waals surface area contributed by atoms with Crippen molar-refractivity contribution in [3.05, 3.63) is 60.4 Å². The van der Waals surface area contributed by atoms with Crippen molar-refractivity contribution in [2.45, 2.75) is 0 Å². The van der Waals surface area contributed by atoms with Gasteiger partial charge in [0.05, 0.1) is 17.0 Å². The fraction of sp³-hybridized carbons (Fsp3) is 0.0667. The SMILES string of the molecule is O=C(O)c1cccc(-c2ccn(C3=CNCC=C3)n2)c1. The molecule has 2 aromatic rings. The molecule has 0 radical (unpaired) electrons. The summed E-state index contributed by atoms with van der Waals surface area (Å²) in [5.74, 6) is -0.937. The lowest BCUT2D eigenvalue weighted by molar-refractivity contribution is 0.0697. The van der Waals surface area contributed by atoms with E-state index in [1.165, 1.54) is 0 Å². The lowest BCUT2D eigenvalue weighted by Gasteiger charge is -2.08. The number of hydrogen-bond donors (Lipinski definition) is 2. The van der Waals surface area contributed by atoms with E-state index < -0.39 is 5.97 Å². The van der Waals surface area contributed by atoms with Crippen LogP contribution >= 0.6 is 0 Å². The fourth-order valence-electron chi connectivity index (χ4n) is 2.04. The van der Waals surface area contributed by atoms with Crippen molar-refractivity contribution in [3.8, 4) is 11.3 Å². The quantitative estimate of drug-likeness (QED) is 0.894. The number of aromatic carboxylic acids is 1. The monoisotopic (exact) mass is 267 g/mol. The first kappa shape index (κ1) is 12.2. The summed E-state index contributed by atoms with van der Waals surface area (Å²) in [5.41, 5.74) is 2.73. The Labute approximate surface area is 115 Å². The van der Waals surface area contributed by atoms with Crippen LogP contribution in [0.2, 0.25) is 0 Å². The molecule has 20 heavy (non-hydrogen) atoms. The first-order valence-corrected chi connectivity index (χ1v) is 6.24. The molecule has 1 aromatic heterocycles. The number of nitrogens with zero attached hydrogens (tertiary/aromatic N) is 2. The lowest BCUT2D eigenvalue weighted by atomic mass is 10.1. The second-order valence-corrected chi connectivity index (χ2v) is 4.41. The Morgan fingerprint density at radius 2 is 2.25 bits per heavy atom. The number of benzene rings is 1. The Morgan fingerprint density at radius 3 is 3.00 bits per heavy atom. The van der Waals surface area contributed by atoms with Crippen LogP contribution in [0.25, 0.3) is 17.0 Å². The number of allylic oxidation sites excluding steroid dienone is 2. The number of hydrogen-bond acceptors (Lipinski definition) is 3. The highest BCUT2D eigenvalue weighted by Gasteiger charge is 2.08. The van der Waals surface area contributed by atoms with Gasteiger partial charge in [-0.25, -0.2) is 9.48 Å². The van der Waals surface area contributed by atoms with E-state index in [-0.39, 0.29) is 5.56 Å². The van der Waals surface area contributed by atoms with E-state index in [1.54, 1.807) is 22.9 Å². The molecule has 0 bridgehead atoms. The average Bonchev–Trinajstić information content (AvgIpc) is 2.98. The second-order valence-electron chi connectivity index (χ2n) is 4.41. The molecule has 0 fully saturated rings. The van der Waals surface area contributed by atoms with E-state index in [0.29, 0.717) is 0 Å². The van der Waals surface area contributed by atoms with E-state index in [2.05, 4.69) is 10.4 Å². The van der Waals surface area contributed by atoms with Crippen LogP contribution in [0.5, 0.6) is 0 Å². The van der Waals surface area contributed by atoms with Gasteiger partial charge in [0.15, 0.2) is 0 Å². The smallest absolute Gasteiger partial charge is 0.335 e. The number of carboxylic acids is 1. The lowest BCUT2D eigenvalue weighted by Crippen LogP contribution is -2.11. The van der Waals surface area contributed by atoms with E-state index in [4.69, 9.17) is 5.11 Å². The van der Waals surface area contributed by atoms with Gasteiger partial charge in [0.1, 0.15) is 0 Å². The van der Waals surface area contributed by atoms with Gasteiger partial charge >= 0.3 is 5.97 Å². The predicted octanol–water partition coefficient (Wildman–Crippen LogP) is 2.21. The number of dihydropyridines is 1. The van der Waals surface area contributed by atoms with Gasteiger partial charge in [0.2, 0.25) is 0 Å². The van der Waals surface area contributed by atoms with Crippen molar-refractivity contribution < 1.29 is 9.90 Å². The van der Waals surface area contributed by atoms with Crippen molar-refractivity contribution in [2.75, 3.05) is 6.54 Å². The average molecular weight is 267 g/mol. The van der Waals surface area contributed by atoms with E-state index in [0.717, 1.165) is 23.5 Å². The molecule has 2 heterocycles. The summed E-state index contributed by atoms with van der Waals surface area (Å²) in [6.07, 6.45) is 7.75. The van der Waals surface area contributed by atoms with Crippen LogP contribution in [0.15, 0.2) is 54.9 Å². The van der Waals surface area contributed by atoms with Crippen LogP contribution in [-0.4, -0.2) is 27.4 Å². The molecule has 0 spiro atoms. The molecule has 0 aliphatic carbocycles. The first-order chi connectivity index (χ1) is 9.74. The maximum Gasteiger partial charge on any atom is 0.335 e. The molecular formula is C15H13N3O2. The van der Waals surface area contributed by atoms with Gasteiger partial charge in [-0.15, -0.1) is 0 Å². The number of rotatable bonds is 3. The Bertz CT molecular complexity index is 713. The van der Waals surface area contributed by atoms with Crippen molar-refractivity contribution in [3.63, 3.8) is 0 Å². The van der Waals surface area contributed by atoms with E-state index in [9.17, 15) is 4.79 Å². The molecule has 3 rings (SSSR count). The van der Waals surface area contributed by atoms with Gasteiger partial charge < -0.3 is 10.4 Å². The highest BCUT2D eigenvalue weighted by atomic mass is 16.4. The number of carboxylic acid groups (broad SMARTS) is 1. The van der Waals surface area contributed by atoms with Gasteiger partial charge in [0.25, 0.3) is 0 Å². The Balaban J connectivity index is 1.94. The molecule has 5 heteroatoms. The summed E-state index contributed by atoms with van der Waals surface area (Å²) >= 11 is 0. The minimum atomic E-state index is -0.937. The molecule has 0 unspecified atom stereocenters. The molecule has 5 nitrogen and oxygen atoms in total. The highest BCUT2D eigenvalue weighted by Crippen LogP contribution is 2.20. The summed E-state index contributed by atoms with van der Waals surface area (Å²) in [7, 11) is 0. The summed E-state index contributed by atoms with van der Waals surface area (Å²) in [6.45, 7) is 0.818. The summed E-state index contributed by atoms with van der Waals surface area (Å²) in [4.78, 5) is 11.0. The zero-order valence-electron chi connectivity index (χ0n) is 10.7. The molecule has 1 aliphatic rings. The van der Waals surface area contributed by atoms with Gasteiger partial charge in [-0.1, -0.05) is 18.2 Å². The minimum absolute atomic E-state index is 0.260. The van der Waals surface area contributed by atoms with Crippen molar-refractivity contribution in [2.24, 2.45) is 0 Å². The fourth-order valence-corrected chi connectivity index (χ4v) is 2.04. The Hall–Kier alpha value is -2.82. The summed E-state index contributed by atoms with van der Waals surface area (Å²) < 4.78 is 1.76. The summed E-state index contributed by atoms with van der Waals surface area (Å²) in [5, 5.41) is 16.6. The molecule has 1 aromatic carbocycles. The molecule has 0 amide bonds. The third kappa shape index (κ3) is 2.33. The molecule has 0 saturated carbocycles. The third-order valence-corrected chi connectivity index (χ3v) is 3.03. The van der Waals surface area contributed by atoms with E-state index >= 15 is 0 Å². The van der Waals surface area contributed by atoms with Crippen molar-refractivity contribution >= 4 is 11.7 Å². The Kier molecular flexibility index (Phi) is 3.09. The number of nitrogens with one attached hydrogen (secondary N) is 1. The second kappa shape index (κ2) is 5.05. The molecule has 1 aliphatic heterocycles. The molecule has 0 saturated heterocycles. The molecule has 2 N–H and O–H groups in total. The summed E-state index contributed by atoms with van der Waals surface area (Å²) in [6, 6.07) is 8.63. The normalized spacial score (nSPS) is 13.7. The molecule has 100 valence electrons. The topological polar surface area (TPSA) is 67.2 Å². The first-order valence-electron chi connectivity index (χ1n) is 6.24. The predicted molar refractivity (Wildman–Crippen MR) is 76.0 cm³/mol. The largest absolute Gasteiger partial charge is 0.478 e. The molecular weight excluding hydrogens is 254 g/mol. The van der Waals surface area contributed by atoms with Gasteiger partial charge in [-0.05, 0) is 24.3 Å². The van der Waals surface area contributed by atoms with Gasteiger partial charge in [-0.3, -0.25) is 0 Å². The number of aromatic nitrogens is 2. The van der Waals surface area contributed by atoms with Gasteiger partial charge in [-0.2, -0.15) is 5.10 Å². The van der Waals surface area contributed by atoms with Crippen LogP contribution in [0.1, 0.15) is 10.4 Å². The van der Waals surface area contributed by atoms with Crippen LogP contribution < -0.4 is 5.32 Å². The van der Waals surface area contributed by atoms with E-state index in [1.807, 2.05) is 36.7 Å². The maximum absolute atomic E-state index is 11.0. The van der Waals surface area contributed by atoms with Gasteiger partial charge in [0, 0.05) is 24.5 Å². The molecule has 0 atom stereocenters. The zero-order chi connectivity index (χ0) is 13.9. The van der Waals surface area contributed by atoms with Crippen molar-refractivity contribution in [1.82, 2.24) is 15.1 Å². The number of carbonyl (C=O) groups is 1.